The van der Waals surface area contributed by atoms with Gasteiger partial charge < -0.3 is 5.32 Å². The van der Waals surface area contributed by atoms with E-state index in [1.165, 1.54) is 44.8 Å². The molecule has 3 aliphatic rings. The Bertz CT molecular complexity index is 1470. The lowest BCUT2D eigenvalue weighted by Gasteiger charge is -2.22. The van der Waals surface area contributed by atoms with Gasteiger partial charge in [0.15, 0.2) is 5.78 Å². The fraction of sp³-hybridized carbons (Fsp3) is 0.129. The lowest BCUT2D eigenvalue weighted by atomic mass is 9.82. The number of benzene rings is 3. The van der Waals surface area contributed by atoms with E-state index >= 15 is 0 Å². The van der Waals surface area contributed by atoms with E-state index in [4.69, 9.17) is 0 Å². The van der Waals surface area contributed by atoms with Crippen molar-refractivity contribution in [2.45, 2.75) is 19.3 Å². The molecular weight excluding hydrogens is 501 g/mol. The van der Waals surface area contributed by atoms with Crippen LogP contribution in [0.15, 0.2) is 95.8 Å². The molecule has 1 N–H and O–H groups in total. The Hall–Kier alpha value is -3.50. The van der Waals surface area contributed by atoms with Crippen molar-refractivity contribution in [3.8, 4) is 11.1 Å². The Labute approximate surface area is 213 Å². The molecule has 0 saturated carbocycles. The minimum Gasteiger partial charge on any atom is -0.368 e. The third kappa shape index (κ3) is 4.98. The van der Waals surface area contributed by atoms with Crippen LogP contribution in [-0.4, -0.2) is 5.78 Å². The number of hydrogen-bond donors (Lipinski definition) is 1. The predicted molar refractivity (Wildman–Crippen MR) is 145 cm³/mol. The van der Waals surface area contributed by atoms with Crippen LogP contribution in [0.3, 0.4) is 0 Å². The Morgan fingerprint density at radius 3 is 2.43 bits per heavy atom. The van der Waals surface area contributed by atoms with Crippen LogP contribution in [0.5, 0.6) is 0 Å². The van der Waals surface area contributed by atoms with Gasteiger partial charge in [0.1, 0.15) is 5.82 Å². The molecule has 1 unspecified atom stereocenters. The lowest BCUT2D eigenvalue weighted by molar-refractivity contribution is 0.0946. The van der Waals surface area contributed by atoms with Crippen molar-refractivity contribution in [2.75, 3.05) is 0 Å². The van der Waals surface area contributed by atoms with E-state index in [-0.39, 0.29) is 17.5 Å². The summed E-state index contributed by atoms with van der Waals surface area (Å²) in [4.78, 5) is 13.0. The summed E-state index contributed by atoms with van der Waals surface area (Å²) in [5, 5.41) is 5.34. The van der Waals surface area contributed by atoms with Crippen LogP contribution in [0.4, 0.5) is 4.39 Å². The number of nitrogens with one attached hydrogen (secondary N) is 1. The zero-order valence-electron chi connectivity index (χ0n) is 19.2. The minimum absolute atomic E-state index is 0.0700. The molecule has 3 aromatic rings. The van der Waals surface area contributed by atoms with Crippen molar-refractivity contribution in [1.82, 2.24) is 5.32 Å². The summed E-state index contributed by atoms with van der Waals surface area (Å²) in [6.07, 6.45) is 18.6. The average Bonchev–Trinajstić information content (AvgIpc) is 3.22. The number of carbonyl (C=O) groups is 1. The van der Waals surface area contributed by atoms with Gasteiger partial charge in [-0.25, -0.2) is 4.39 Å². The van der Waals surface area contributed by atoms with E-state index in [1.807, 2.05) is 36.7 Å². The fourth-order valence-electron chi connectivity index (χ4n) is 4.82. The third-order valence-electron chi connectivity index (χ3n) is 6.55. The molecule has 35 heavy (non-hydrogen) atoms. The number of carbonyl (C=O) groups excluding carboxylic acids is 1. The number of fused-ring (bicyclic) bond motifs is 5. The number of rotatable bonds is 2. The average molecular weight is 526 g/mol. The first-order chi connectivity index (χ1) is 17.1. The second-order valence-corrected chi connectivity index (χ2v) is 9.59. The van der Waals surface area contributed by atoms with Gasteiger partial charge in [-0.1, -0.05) is 64.5 Å². The molecule has 2 aliphatic carbocycles. The predicted octanol–water partition coefficient (Wildman–Crippen LogP) is 5.99. The molecule has 174 valence electrons. The van der Waals surface area contributed by atoms with Gasteiger partial charge in [-0.2, -0.15) is 0 Å². The summed E-state index contributed by atoms with van der Waals surface area (Å²) in [6.45, 7) is 0. The maximum absolute atomic E-state index is 13.2. The van der Waals surface area contributed by atoms with E-state index in [9.17, 15) is 9.18 Å². The first-order valence-corrected chi connectivity index (χ1v) is 12.6. The molecule has 1 atom stereocenters. The van der Waals surface area contributed by atoms with Gasteiger partial charge in [-0.3, -0.25) is 4.79 Å². The number of Topliss-reactive ketones (excluding diaryl/α,β-unsaturated/α-hetero) is 1. The molecule has 0 radical (unpaired) electrons. The minimum atomic E-state index is -0.317. The van der Waals surface area contributed by atoms with Gasteiger partial charge in [-0.15, -0.1) is 0 Å². The number of halogens is 2. The van der Waals surface area contributed by atoms with Gasteiger partial charge in [-0.05, 0) is 94.4 Å². The monoisotopic (exact) mass is 525 g/mol. The van der Waals surface area contributed by atoms with E-state index in [1.54, 1.807) is 12.1 Å². The van der Waals surface area contributed by atoms with Crippen molar-refractivity contribution in [2.24, 2.45) is 5.92 Å². The molecule has 3 aromatic carbocycles. The lowest BCUT2D eigenvalue weighted by Crippen LogP contribution is -2.37. The summed E-state index contributed by atoms with van der Waals surface area (Å²) in [5.41, 5.74) is 5.67. The molecule has 0 saturated heterocycles. The second kappa shape index (κ2) is 10.4. The summed E-state index contributed by atoms with van der Waals surface area (Å²) in [5.74, 6) is -0.415. The molecule has 2 nitrogen and oxygen atoms in total. The van der Waals surface area contributed by atoms with Gasteiger partial charge >= 0.3 is 0 Å². The van der Waals surface area contributed by atoms with E-state index in [2.05, 4.69) is 63.7 Å². The third-order valence-corrected chi connectivity index (χ3v) is 7.21. The molecule has 0 aromatic heterocycles. The van der Waals surface area contributed by atoms with Gasteiger partial charge in [0.2, 0.25) is 0 Å². The van der Waals surface area contributed by atoms with Crippen LogP contribution < -0.4 is 15.8 Å². The first-order valence-electron chi connectivity index (χ1n) is 11.8. The number of hydrogen-bond acceptors (Lipinski definition) is 2. The standard InChI is InChI=1S/C25H18BrFO.C6H7N/c26-23-3-1-2-16-9-12-20-21(24(16)23)13-8-15-4-5-18(14-22(15)20)25(28)17-6-10-19(27)11-7-17;1-2-4-6-7-5-3-1/h1-3,6-8,10-14,18H,4-5,9H2;1-7H. The van der Waals surface area contributed by atoms with Crippen LogP contribution in [0.1, 0.15) is 27.9 Å². The smallest absolute Gasteiger partial charge is 0.169 e. The van der Waals surface area contributed by atoms with Crippen LogP contribution in [0.2, 0.25) is 0 Å². The van der Waals surface area contributed by atoms with Crippen LogP contribution in [0.25, 0.3) is 23.3 Å². The molecule has 1 heterocycles. The van der Waals surface area contributed by atoms with Crippen LogP contribution in [0, 0.1) is 11.7 Å². The summed E-state index contributed by atoms with van der Waals surface area (Å²) >= 11 is 3.71. The molecule has 0 fully saturated rings. The van der Waals surface area contributed by atoms with Crippen molar-refractivity contribution >= 4 is 33.9 Å². The molecular formula is C31H25BrFNO. The molecule has 4 heteroatoms. The normalized spacial score (nSPS) is 16.7. The zero-order chi connectivity index (χ0) is 24.2. The number of ketones is 1. The summed E-state index contributed by atoms with van der Waals surface area (Å²) in [6, 6.07) is 16.6. The van der Waals surface area contributed by atoms with Crippen molar-refractivity contribution < 1.29 is 9.18 Å². The van der Waals surface area contributed by atoms with Crippen molar-refractivity contribution in [3.63, 3.8) is 0 Å². The zero-order valence-corrected chi connectivity index (χ0v) is 20.8. The molecule has 0 amide bonds. The molecule has 1 aliphatic heterocycles. The van der Waals surface area contributed by atoms with E-state index in [0.717, 1.165) is 23.7 Å². The van der Waals surface area contributed by atoms with E-state index in [0.29, 0.717) is 5.56 Å². The van der Waals surface area contributed by atoms with Gasteiger partial charge in [0.05, 0.1) is 0 Å². The SMILES string of the molecule is C1=CC=CNC=C1.O=C(c1ccc(F)cc1)C1C=c2c(ccc3c2=CCc2cccc(Br)c2-3)CC1. The van der Waals surface area contributed by atoms with E-state index < -0.39 is 0 Å². The Balaban J connectivity index is 0.000000313. The maximum Gasteiger partial charge on any atom is 0.169 e. The highest BCUT2D eigenvalue weighted by molar-refractivity contribution is 9.10. The van der Waals surface area contributed by atoms with Gasteiger partial charge in [0.25, 0.3) is 0 Å². The fourth-order valence-corrected chi connectivity index (χ4v) is 5.44. The highest BCUT2D eigenvalue weighted by atomic mass is 79.9. The van der Waals surface area contributed by atoms with Crippen LogP contribution >= 0.6 is 15.9 Å². The highest BCUT2D eigenvalue weighted by Crippen LogP contribution is 2.32. The molecule has 6 rings (SSSR count). The quantitative estimate of drug-likeness (QED) is 0.416. The Morgan fingerprint density at radius 2 is 1.66 bits per heavy atom. The maximum atomic E-state index is 13.2. The molecule has 0 spiro atoms. The number of allylic oxidation sites excluding steroid dienone is 4. The summed E-state index contributed by atoms with van der Waals surface area (Å²) in [7, 11) is 0. The Kier molecular flexibility index (Phi) is 6.91. The van der Waals surface area contributed by atoms with Crippen LogP contribution in [-0.2, 0) is 12.8 Å². The summed E-state index contributed by atoms with van der Waals surface area (Å²) < 4.78 is 14.3. The molecule has 0 bridgehead atoms. The first kappa shape index (κ1) is 23.3. The van der Waals surface area contributed by atoms with Gasteiger partial charge in [0, 0.05) is 28.4 Å². The topological polar surface area (TPSA) is 29.1 Å². The highest BCUT2D eigenvalue weighted by Gasteiger charge is 2.23. The van der Waals surface area contributed by atoms with Crippen molar-refractivity contribution in [3.05, 3.63) is 129 Å². The Morgan fingerprint density at radius 1 is 0.886 bits per heavy atom. The van der Waals surface area contributed by atoms with Crippen molar-refractivity contribution in [1.29, 1.82) is 0 Å². The largest absolute Gasteiger partial charge is 0.368 e. The second-order valence-electron chi connectivity index (χ2n) is 8.73. The number of aryl methyl sites for hydroxylation is 1.